The zero-order valence-electron chi connectivity index (χ0n) is 22.7. The number of benzene rings is 2. The Morgan fingerprint density at radius 1 is 1.02 bits per heavy atom. The molecule has 42 heavy (non-hydrogen) atoms. The van der Waals surface area contributed by atoms with E-state index < -0.39 is 27.9 Å². The number of carboxylic acids is 1. The van der Waals surface area contributed by atoms with Crippen LogP contribution in [-0.4, -0.2) is 55.9 Å². The predicted octanol–water partition coefficient (Wildman–Crippen LogP) is 5.57. The van der Waals surface area contributed by atoms with E-state index in [4.69, 9.17) is 33.0 Å². The molecule has 0 saturated carbocycles. The van der Waals surface area contributed by atoms with Crippen LogP contribution in [0, 0.1) is 11.8 Å². The van der Waals surface area contributed by atoms with Gasteiger partial charge in [-0.15, -0.1) is 0 Å². The van der Waals surface area contributed by atoms with Gasteiger partial charge in [-0.05, 0) is 78.1 Å². The van der Waals surface area contributed by atoms with Gasteiger partial charge < -0.3 is 15.2 Å². The minimum Gasteiger partial charge on any atom is -0.497 e. The van der Waals surface area contributed by atoms with E-state index in [0.717, 1.165) is 16.9 Å². The Hall–Kier alpha value is -3.37. The number of sulfonamides is 1. The van der Waals surface area contributed by atoms with Gasteiger partial charge in [-0.2, -0.15) is 4.31 Å². The number of hydrogen-bond acceptors (Lipinski definition) is 5. The monoisotopic (exact) mass is 628 g/mol. The van der Waals surface area contributed by atoms with E-state index in [1.54, 1.807) is 13.2 Å². The molecule has 1 aliphatic heterocycles. The first-order chi connectivity index (χ1) is 20.0. The quantitative estimate of drug-likeness (QED) is 0.375. The van der Waals surface area contributed by atoms with Crippen molar-refractivity contribution in [1.29, 1.82) is 0 Å². The second kappa shape index (κ2) is 12.5. The average Bonchev–Trinajstić information content (AvgIpc) is 3.43. The van der Waals surface area contributed by atoms with Crippen LogP contribution >= 0.6 is 23.2 Å². The first-order valence-electron chi connectivity index (χ1n) is 13.5. The molecule has 220 valence electrons. The third kappa shape index (κ3) is 6.49. The lowest BCUT2D eigenvalue weighted by atomic mass is 9.80. The van der Waals surface area contributed by atoms with Crippen molar-refractivity contribution in [3.05, 3.63) is 111 Å². The van der Waals surface area contributed by atoms with Crippen LogP contribution < -0.4 is 5.32 Å². The van der Waals surface area contributed by atoms with Crippen LogP contribution in [-0.2, 0) is 19.6 Å². The lowest BCUT2D eigenvalue weighted by molar-refractivity contribution is -0.136. The number of hydrogen-bond donors (Lipinski definition) is 2. The van der Waals surface area contributed by atoms with Gasteiger partial charge in [0.1, 0.15) is 5.76 Å². The maximum atomic E-state index is 14.1. The molecule has 2 aromatic rings. The second-order valence-corrected chi connectivity index (χ2v) is 13.2. The van der Waals surface area contributed by atoms with Crippen molar-refractivity contribution in [3.8, 4) is 0 Å². The highest BCUT2D eigenvalue weighted by Crippen LogP contribution is 2.42. The van der Waals surface area contributed by atoms with Crippen molar-refractivity contribution in [2.45, 2.75) is 29.7 Å². The van der Waals surface area contributed by atoms with E-state index in [2.05, 4.69) is 23.5 Å². The smallest absolute Gasteiger partial charge is 0.305 e. The van der Waals surface area contributed by atoms with Crippen LogP contribution in [0.3, 0.4) is 0 Å². The Bertz CT molecular complexity index is 1590. The Kier molecular flexibility index (Phi) is 8.94. The zero-order chi connectivity index (χ0) is 30.0. The third-order valence-corrected chi connectivity index (χ3v) is 10.1. The van der Waals surface area contributed by atoms with E-state index in [1.165, 1.54) is 28.6 Å². The van der Waals surface area contributed by atoms with Gasteiger partial charge in [-0.3, -0.25) is 9.59 Å². The minimum absolute atomic E-state index is 0.0270. The molecule has 2 aromatic carbocycles. The summed E-state index contributed by atoms with van der Waals surface area (Å²) in [5, 5.41) is 12.3. The number of carbonyl (C=O) groups is 2. The van der Waals surface area contributed by atoms with E-state index >= 15 is 0 Å². The highest BCUT2D eigenvalue weighted by atomic mass is 35.5. The summed E-state index contributed by atoms with van der Waals surface area (Å²) in [7, 11) is -2.35. The molecule has 0 bridgehead atoms. The number of rotatable bonds is 9. The van der Waals surface area contributed by atoms with Crippen LogP contribution in [0.25, 0.3) is 0 Å². The largest absolute Gasteiger partial charge is 0.497 e. The fraction of sp³-hybridized carbons (Fsp3) is 0.290. The number of carboxylic acid groups (broad SMARTS) is 1. The molecule has 8 nitrogen and oxygen atoms in total. The van der Waals surface area contributed by atoms with Crippen molar-refractivity contribution in [3.63, 3.8) is 0 Å². The van der Waals surface area contributed by atoms with Crippen molar-refractivity contribution >= 4 is 45.1 Å². The molecule has 2 unspecified atom stereocenters. The first kappa shape index (κ1) is 30.1. The van der Waals surface area contributed by atoms with E-state index in [9.17, 15) is 18.0 Å². The summed E-state index contributed by atoms with van der Waals surface area (Å²) in [6.07, 6.45) is 12.6. The highest BCUT2D eigenvalue weighted by molar-refractivity contribution is 7.89. The van der Waals surface area contributed by atoms with Gasteiger partial charge in [0.25, 0.3) is 5.91 Å². The molecule has 1 fully saturated rings. The van der Waals surface area contributed by atoms with Gasteiger partial charge >= 0.3 is 5.97 Å². The van der Waals surface area contributed by atoms with Gasteiger partial charge in [0.2, 0.25) is 10.0 Å². The zero-order valence-corrected chi connectivity index (χ0v) is 25.1. The number of halogens is 2. The first-order valence-corrected chi connectivity index (χ1v) is 15.7. The second-order valence-electron chi connectivity index (χ2n) is 10.5. The summed E-state index contributed by atoms with van der Waals surface area (Å²) >= 11 is 12.6. The number of fused-ring (bicyclic) bond motifs is 1. The van der Waals surface area contributed by atoms with Gasteiger partial charge in [0, 0.05) is 40.5 Å². The maximum absolute atomic E-state index is 14.1. The van der Waals surface area contributed by atoms with Crippen molar-refractivity contribution in [2.24, 2.45) is 11.8 Å². The van der Waals surface area contributed by atoms with Crippen LogP contribution in [0.5, 0.6) is 0 Å². The summed E-state index contributed by atoms with van der Waals surface area (Å²) in [6.45, 7) is 0.199. The number of methoxy groups -OCH3 is 1. The topological polar surface area (TPSA) is 113 Å². The number of allylic oxidation sites excluding steroid dienone is 5. The maximum Gasteiger partial charge on any atom is 0.305 e. The van der Waals surface area contributed by atoms with E-state index in [-0.39, 0.29) is 47.7 Å². The SMILES string of the molecule is COC1=CC2C=CC([C@H]3C[C@@H](c4cc(Cl)cc(Cl)c4)CN3S(=O)(=O)c3ccc(C(=O)NCCC(=O)O)cc3)=CC2C=C1. The molecule has 3 aliphatic rings. The lowest BCUT2D eigenvalue weighted by Crippen LogP contribution is -2.37. The van der Waals surface area contributed by atoms with Gasteiger partial charge in [-0.25, -0.2) is 8.42 Å². The molecule has 5 rings (SSSR count). The number of nitrogens with zero attached hydrogens (tertiary/aromatic N) is 1. The Morgan fingerprint density at radius 2 is 1.69 bits per heavy atom. The van der Waals surface area contributed by atoms with Gasteiger partial charge in [0.05, 0.1) is 24.5 Å². The molecule has 1 amide bonds. The number of aliphatic carboxylic acids is 1. The van der Waals surface area contributed by atoms with Crippen LogP contribution in [0.15, 0.2) is 95.1 Å². The molecule has 0 radical (unpaired) electrons. The van der Waals surface area contributed by atoms with Crippen molar-refractivity contribution < 1.29 is 27.9 Å². The summed E-state index contributed by atoms with van der Waals surface area (Å²) in [5.74, 6) is -0.655. The molecule has 1 saturated heterocycles. The van der Waals surface area contributed by atoms with Crippen LogP contribution in [0.4, 0.5) is 0 Å². The molecule has 2 aliphatic carbocycles. The molecule has 1 heterocycles. The van der Waals surface area contributed by atoms with Crippen LogP contribution in [0.1, 0.15) is 34.7 Å². The number of nitrogens with one attached hydrogen (secondary N) is 1. The average molecular weight is 630 g/mol. The Morgan fingerprint density at radius 3 is 2.36 bits per heavy atom. The third-order valence-electron chi connectivity index (χ3n) is 7.76. The Balaban J connectivity index is 1.44. The van der Waals surface area contributed by atoms with E-state index in [1.807, 2.05) is 30.4 Å². The molecule has 0 aromatic heterocycles. The normalized spacial score (nSPS) is 23.6. The Labute approximate surface area is 255 Å². The highest BCUT2D eigenvalue weighted by Gasteiger charge is 2.43. The summed E-state index contributed by atoms with van der Waals surface area (Å²) in [6, 6.07) is 10.5. The molecule has 2 N–H and O–H groups in total. The summed E-state index contributed by atoms with van der Waals surface area (Å²) in [4.78, 5) is 23.2. The minimum atomic E-state index is -3.98. The molecule has 11 heteroatoms. The molecule has 4 atom stereocenters. The number of ether oxygens (including phenoxy) is 1. The molecular formula is C31H30Cl2N2O6S. The fourth-order valence-corrected chi connectivity index (χ4v) is 7.84. The predicted molar refractivity (Wildman–Crippen MR) is 161 cm³/mol. The standard InChI is InChI=1S/C31H30Cl2N2O6S/c1-41-27-7-4-20-12-22(3-2-21(20)15-27)29-16-24(23-13-25(32)17-26(33)14-23)18-35(29)42(39,40)28-8-5-19(6-9-28)31(38)34-11-10-30(36)37/h2-9,12-15,17,20-21,24,29H,10-11,16,18H2,1H3,(H,34,38)(H,36,37)/t20?,21?,24-,29-/m1/s1. The summed E-state index contributed by atoms with van der Waals surface area (Å²) in [5.41, 5.74) is 2.01. The van der Waals surface area contributed by atoms with Crippen LogP contribution in [0.2, 0.25) is 10.0 Å². The van der Waals surface area contributed by atoms with E-state index in [0.29, 0.717) is 16.5 Å². The number of carbonyl (C=O) groups excluding carboxylic acids is 1. The molecule has 0 spiro atoms. The fourth-order valence-electron chi connectivity index (χ4n) is 5.62. The van der Waals surface area contributed by atoms with Gasteiger partial charge in [-0.1, -0.05) is 47.5 Å². The van der Waals surface area contributed by atoms with Gasteiger partial charge in [0.15, 0.2) is 0 Å². The lowest BCUT2D eigenvalue weighted by Gasteiger charge is -2.30. The van der Waals surface area contributed by atoms with Crippen molar-refractivity contribution in [2.75, 3.05) is 20.2 Å². The summed E-state index contributed by atoms with van der Waals surface area (Å²) < 4.78 is 35.1. The molecular weight excluding hydrogens is 599 g/mol. The van der Waals surface area contributed by atoms with Crippen molar-refractivity contribution in [1.82, 2.24) is 9.62 Å². The number of amides is 1.